The van der Waals surface area contributed by atoms with Gasteiger partial charge < -0.3 is 10.2 Å². The fourth-order valence-electron chi connectivity index (χ4n) is 2.76. The highest BCUT2D eigenvalue weighted by Crippen LogP contribution is 2.58. The standard InChI is InChI=1S/C9H14O3/c10-7(11)9(12)6-2-5-8(9)3-1-4-8/h12H,1-6H2,(H,10,11). The Labute approximate surface area is 71.4 Å². The number of carboxylic acid groups (broad SMARTS) is 1. The van der Waals surface area contributed by atoms with Crippen molar-refractivity contribution in [3.63, 3.8) is 0 Å². The predicted octanol–water partition coefficient (Wildman–Crippen LogP) is 1.16. The minimum atomic E-state index is -1.40. The van der Waals surface area contributed by atoms with Gasteiger partial charge in [0, 0.05) is 5.41 Å². The molecule has 68 valence electrons. The zero-order valence-electron chi connectivity index (χ0n) is 7.05. The van der Waals surface area contributed by atoms with E-state index in [9.17, 15) is 9.90 Å². The monoisotopic (exact) mass is 170 g/mol. The summed E-state index contributed by atoms with van der Waals surface area (Å²) in [4.78, 5) is 10.9. The summed E-state index contributed by atoms with van der Waals surface area (Å²) in [6, 6.07) is 0. The van der Waals surface area contributed by atoms with Crippen LogP contribution in [0.15, 0.2) is 0 Å². The van der Waals surface area contributed by atoms with Gasteiger partial charge in [0.15, 0.2) is 5.60 Å². The molecular formula is C9H14O3. The van der Waals surface area contributed by atoms with Crippen LogP contribution in [0.2, 0.25) is 0 Å². The molecule has 0 aromatic carbocycles. The van der Waals surface area contributed by atoms with Crippen LogP contribution >= 0.6 is 0 Å². The number of aliphatic carboxylic acids is 1. The van der Waals surface area contributed by atoms with E-state index in [-0.39, 0.29) is 5.41 Å². The largest absolute Gasteiger partial charge is 0.479 e. The lowest BCUT2D eigenvalue weighted by atomic mass is 9.60. The Hall–Kier alpha value is -0.570. The molecule has 0 aromatic heterocycles. The molecule has 0 saturated heterocycles. The second-order valence-electron chi connectivity index (χ2n) is 4.15. The molecule has 1 atom stereocenters. The third kappa shape index (κ3) is 0.724. The van der Waals surface area contributed by atoms with Gasteiger partial charge in [-0.15, -0.1) is 0 Å². The van der Waals surface area contributed by atoms with Crippen LogP contribution in [-0.4, -0.2) is 21.8 Å². The number of hydrogen-bond donors (Lipinski definition) is 2. The second kappa shape index (κ2) is 2.22. The lowest BCUT2D eigenvalue weighted by Crippen LogP contribution is -2.53. The van der Waals surface area contributed by atoms with Gasteiger partial charge in [0.1, 0.15) is 0 Å². The van der Waals surface area contributed by atoms with E-state index in [2.05, 4.69) is 0 Å². The molecule has 1 unspecified atom stereocenters. The van der Waals surface area contributed by atoms with Crippen molar-refractivity contribution in [3.05, 3.63) is 0 Å². The van der Waals surface area contributed by atoms with Gasteiger partial charge >= 0.3 is 5.97 Å². The summed E-state index contributed by atoms with van der Waals surface area (Å²) in [5.74, 6) is -1.01. The van der Waals surface area contributed by atoms with Crippen molar-refractivity contribution in [1.82, 2.24) is 0 Å². The highest BCUT2D eigenvalue weighted by Gasteiger charge is 2.61. The Bertz CT molecular complexity index is 220. The molecule has 0 heterocycles. The summed E-state index contributed by atoms with van der Waals surface area (Å²) >= 11 is 0. The van der Waals surface area contributed by atoms with Gasteiger partial charge in [0.25, 0.3) is 0 Å². The zero-order chi connectivity index (χ0) is 8.82. The van der Waals surface area contributed by atoms with Crippen LogP contribution in [-0.2, 0) is 4.79 Å². The van der Waals surface area contributed by atoms with E-state index in [0.717, 1.165) is 32.1 Å². The summed E-state index contributed by atoms with van der Waals surface area (Å²) < 4.78 is 0. The molecule has 2 N–H and O–H groups in total. The third-order valence-corrected chi connectivity index (χ3v) is 3.74. The Balaban J connectivity index is 2.29. The van der Waals surface area contributed by atoms with Gasteiger partial charge in [0.05, 0.1) is 0 Å². The van der Waals surface area contributed by atoms with Crippen LogP contribution < -0.4 is 0 Å². The molecule has 3 heteroatoms. The van der Waals surface area contributed by atoms with Crippen molar-refractivity contribution in [2.24, 2.45) is 5.41 Å². The lowest BCUT2D eigenvalue weighted by Gasteiger charge is -2.46. The molecule has 12 heavy (non-hydrogen) atoms. The average Bonchev–Trinajstić information content (AvgIpc) is 2.26. The smallest absolute Gasteiger partial charge is 0.336 e. The normalized spacial score (nSPS) is 38.1. The molecular weight excluding hydrogens is 156 g/mol. The first-order valence-corrected chi connectivity index (χ1v) is 4.57. The highest BCUT2D eigenvalue weighted by molar-refractivity contribution is 5.79. The molecule has 2 rings (SSSR count). The van der Waals surface area contributed by atoms with Crippen molar-refractivity contribution in [2.75, 3.05) is 0 Å². The molecule has 3 nitrogen and oxygen atoms in total. The Morgan fingerprint density at radius 1 is 1.08 bits per heavy atom. The highest BCUT2D eigenvalue weighted by atomic mass is 16.4. The molecule has 0 bridgehead atoms. The summed E-state index contributed by atoms with van der Waals surface area (Å²) in [7, 11) is 0. The molecule has 0 aromatic rings. The number of carbonyl (C=O) groups is 1. The molecule has 0 radical (unpaired) electrons. The summed E-state index contributed by atoms with van der Waals surface area (Å²) in [5, 5.41) is 18.9. The van der Waals surface area contributed by atoms with Crippen molar-refractivity contribution < 1.29 is 15.0 Å². The maximum atomic E-state index is 10.9. The minimum Gasteiger partial charge on any atom is -0.479 e. The second-order valence-corrected chi connectivity index (χ2v) is 4.15. The molecule has 0 aliphatic heterocycles. The first-order valence-electron chi connectivity index (χ1n) is 4.57. The first kappa shape index (κ1) is 8.05. The molecule has 2 aliphatic rings. The van der Waals surface area contributed by atoms with Gasteiger partial charge in [-0.3, -0.25) is 0 Å². The fourth-order valence-corrected chi connectivity index (χ4v) is 2.76. The van der Waals surface area contributed by atoms with Crippen LogP contribution in [0.4, 0.5) is 0 Å². The molecule has 2 saturated carbocycles. The Morgan fingerprint density at radius 3 is 1.92 bits per heavy atom. The molecule has 0 amide bonds. The Morgan fingerprint density at radius 2 is 1.58 bits per heavy atom. The van der Waals surface area contributed by atoms with Crippen LogP contribution in [0.5, 0.6) is 0 Å². The number of aliphatic hydroxyl groups is 1. The number of hydrogen-bond acceptors (Lipinski definition) is 2. The topological polar surface area (TPSA) is 57.5 Å². The van der Waals surface area contributed by atoms with E-state index < -0.39 is 11.6 Å². The van der Waals surface area contributed by atoms with Gasteiger partial charge in [-0.2, -0.15) is 0 Å². The van der Waals surface area contributed by atoms with Crippen LogP contribution in [0.25, 0.3) is 0 Å². The average molecular weight is 170 g/mol. The fraction of sp³-hybridized carbons (Fsp3) is 0.889. The zero-order valence-corrected chi connectivity index (χ0v) is 7.05. The van der Waals surface area contributed by atoms with Gasteiger partial charge in [-0.25, -0.2) is 4.79 Å². The maximum Gasteiger partial charge on any atom is 0.336 e. The predicted molar refractivity (Wildman–Crippen MR) is 42.7 cm³/mol. The van der Waals surface area contributed by atoms with Crippen LogP contribution in [0, 0.1) is 5.41 Å². The van der Waals surface area contributed by atoms with Crippen LogP contribution in [0.1, 0.15) is 38.5 Å². The van der Waals surface area contributed by atoms with Crippen LogP contribution in [0.3, 0.4) is 0 Å². The summed E-state index contributed by atoms with van der Waals surface area (Å²) in [5.41, 5.74) is -1.65. The van der Waals surface area contributed by atoms with Gasteiger partial charge in [-0.05, 0) is 32.1 Å². The quantitative estimate of drug-likeness (QED) is 0.620. The van der Waals surface area contributed by atoms with Crippen molar-refractivity contribution in [2.45, 2.75) is 44.1 Å². The molecule has 2 aliphatic carbocycles. The van der Waals surface area contributed by atoms with E-state index in [4.69, 9.17) is 5.11 Å². The molecule has 2 fully saturated rings. The van der Waals surface area contributed by atoms with E-state index in [0.29, 0.717) is 6.42 Å². The number of carboxylic acids is 1. The lowest BCUT2D eigenvalue weighted by molar-refractivity contribution is -0.179. The SMILES string of the molecule is O=C(O)C1(O)CCCC12CCC2. The summed E-state index contributed by atoms with van der Waals surface area (Å²) in [6.45, 7) is 0. The summed E-state index contributed by atoms with van der Waals surface area (Å²) in [6.07, 6.45) is 5.09. The first-order chi connectivity index (χ1) is 5.61. The molecule has 1 spiro atoms. The Kier molecular flexibility index (Phi) is 1.49. The maximum absolute atomic E-state index is 10.9. The van der Waals surface area contributed by atoms with Crippen molar-refractivity contribution >= 4 is 5.97 Å². The van der Waals surface area contributed by atoms with Gasteiger partial charge in [-0.1, -0.05) is 6.42 Å². The van der Waals surface area contributed by atoms with Gasteiger partial charge in [0.2, 0.25) is 0 Å². The number of rotatable bonds is 1. The third-order valence-electron chi connectivity index (χ3n) is 3.74. The van der Waals surface area contributed by atoms with E-state index >= 15 is 0 Å². The minimum absolute atomic E-state index is 0.251. The van der Waals surface area contributed by atoms with E-state index in [1.165, 1.54) is 0 Å². The van der Waals surface area contributed by atoms with E-state index in [1.807, 2.05) is 0 Å². The van der Waals surface area contributed by atoms with Crippen molar-refractivity contribution in [1.29, 1.82) is 0 Å². The van der Waals surface area contributed by atoms with E-state index in [1.54, 1.807) is 0 Å². The van der Waals surface area contributed by atoms with Crippen molar-refractivity contribution in [3.8, 4) is 0 Å².